The third-order valence-electron chi connectivity index (χ3n) is 3.89. The second-order valence-electron chi connectivity index (χ2n) is 5.67. The number of nitrogens with zero attached hydrogens (tertiary/aromatic N) is 2. The summed E-state index contributed by atoms with van der Waals surface area (Å²) in [5, 5.41) is 3.20. The van der Waals surface area contributed by atoms with Gasteiger partial charge < -0.3 is 10.2 Å². The van der Waals surface area contributed by atoms with E-state index in [0.29, 0.717) is 26.1 Å². The lowest BCUT2D eigenvalue weighted by atomic mass is 10.1. The van der Waals surface area contributed by atoms with E-state index in [2.05, 4.69) is 5.32 Å². The van der Waals surface area contributed by atoms with Gasteiger partial charge >= 0.3 is 0 Å². The van der Waals surface area contributed by atoms with Crippen molar-refractivity contribution in [3.63, 3.8) is 0 Å². The Kier molecular flexibility index (Phi) is 7.62. The lowest BCUT2D eigenvalue weighted by Crippen LogP contribution is -2.47. The summed E-state index contributed by atoms with van der Waals surface area (Å²) in [7, 11) is -3.12. The van der Waals surface area contributed by atoms with Gasteiger partial charge in [0.05, 0.1) is 12.3 Å². The molecule has 1 aliphatic rings. The minimum atomic E-state index is -3.12. The molecule has 1 amide bonds. The van der Waals surface area contributed by atoms with Crippen LogP contribution in [-0.4, -0.2) is 68.6 Å². The van der Waals surface area contributed by atoms with Gasteiger partial charge in [-0.3, -0.25) is 4.79 Å². The molecule has 0 aromatic rings. The Bertz CT molecular complexity index is 419. The fourth-order valence-corrected chi connectivity index (χ4v) is 3.54. The predicted octanol–water partition coefficient (Wildman–Crippen LogP) is 0.649. The summed E-state index contributed by atoms with van der Waals surface area (Å²) < 4.78 is 24.4. The van der Waals surface area contributed by atoms with Gasteiger partial charge in [0.25, 0.3) is 0 Å². The van der Waals surface area contributed by atoms with E-state index < -0.39 is 10.0 Å². The smallest absolute Gasteiger partial charge is 0.239 e. The van der Waals surface area contributed by atoms with Crippen LogP contribution in [0.3, 0.4) is 0 Å². The van der Waals surface area contributed by atoms with E-state index in [1.54, 1.807) is 0 Å². The number of carbonyl (C=O) groups is 1. The fourth-order valence-electron chi connectivity index (χ4n) is 2.61. The van der Waals surface area contributed by atoms with Gasteiger partial charge in [0.2, 0.25) is 15.9 Å². The molecule has 0 spiro atoms. The number of piperidine rings is 1. The minimum Gasteiger partial charge on any atom is -0.341 e. The van der Waals surface area contributed by atoms with Crippen molar-refractivity contribution in [3.8, 4) is 0 Å². The first-order valence-electron chi connectivity index (χ1n) is 7.83. The summed E-state index contributed by atoms with van der Waals surface area (Å²) in [6.07, 6.45) is 5.34. The highest BCUT2D eigenvalue weighted by Crippen LogP contribution is 2.10. The topological polar surface area (TPSA) is 69.7 Å². The normalized spacial score (nSPS) is 18.0. The van der Waals surface area contributed by atoms with Crippen LogP contribution in [0.5, 0.6) is 0 Å². The summed E-state index contributed by atoms with van der Waals surface area (Å²) in [5.74, 6) is 0.158. The number of nitrogens with one attached hydrogen (secondary N) is 1. The zero-order chi connectivity index (χ0) is 15.9. The lowest BCUT2D eigenvalue weighted by molar-refractivity contribution is -0.133. The number of likely N-dealkylation sites (tertiary alicyclic amines) is 1. The highest BCUT2D eigenvalue weighted by molar-refractivity contribution is 7.88. The molecular formula is C14H29N3O3S. The van der Waals surface area contributed by atoms with Crippen LogP contribution in [0.4, 0.5) is 0 Å². The lowest BCUT2D eigenvalue weighted by Gasteiger charge is -2.29. The SMILES string of the molecule is CCN(CCCNC(C)C(=O)N1CCCCC1)S(C)(=O)=O. The number of amides is 1. The molecule has 1 heterocycles. The average molecular weight is 319 g/mol. The van der Waals surface area contributed by atoms with Crippen molar-refractivity contribution in [2.24, 2.45) is 0 Å². The number of carbonyl (C=O) groups excluding carboxylic acids is 1. The Morgan fingerprint density at radius 2 is 1.90 bits per heavy atom. The van der Waals surface area contributed by atoms with Crippen LogP contribution in [0.1, 0.15) is 39.5 Å². The molecule has 1 unspecified atom stereocenters. The van der Waals surface area contributed by atoms with Crippen molar-refractivity contribution in [2.45, 2.75) is 45.6 Å². The molecule has 1 fully saturated rings. The molecule has 0 bridgehead atoms. The number of hydrogen-bond acceptors (Lipinski definition) is 4. The van der Waals surface area contributed by atoms with Gasteiger partial charge in [0, 0.05) is 26.2 Å². The Balaban J connectivity index is 2.26. The van der Waals surface area contributed by atoms with Gasteiger partial charge in [-0.15, -0.1) is 0 Å². The molecule has 7 heteroatoms. The quantitative estimate of drug-likeness (QED) is 0.667. The molecule has 0 radical (unpaired) electrons. The van der Waals surface area contributed by atoms with Crippen LogP contribution < -0.4 is 5.32 Å². The van der Waals surface area contributed by atoms with Crippen LogP contribution in [0.25, 0.3) is 0 Å². The Hall–Kier alpha value is -0.660. The molecule has 0 aromatic heterocycles. The zero-order valence-corrected chi connectivity index (χ0v) is 14.3. The standard InChI is InChI=1S/C14H29N3O3S/c1-4-17(21(3,19)20)12-8-9-15-13(2)14(18)16-10-6-5-7-11-16/h13,15H,4-12H2,1-3H3. The van der Waals surface area contributed by atoms with Gasteiger partial charge in [-0.05, 0) is 39.2 Å². The molecule has 1 aliphatic heterocycles. The average Bonchev–Trinajstić information content (AvgIpc) is 2.45. The second-order valence-corrected chi connectivity index (χ2v) is 7.65. The Labute approximate surface area is 128 Å². The first-order valence-corrected chi connectivity index (χ1v) is 9.68. The minimum absolute atomic E-state index is 0.158. The highest BCUT2D eigenvalue weighted by atomic mass is 32.2. The first kappa shape index (κ1) is 18.4. The number of rotatable bonds is 8. The zero-order valence-electron chi connectivity index (χ0n) is 13.5. The molecule has 124 valence electrons. The van der Waals surface area contributed by atoms with Gasteiger partial charge in [-0.1, -0.05) is 6.92 Å². The fraction of sp³-hybridized carbons (Fsp3) is 0.929. The van der Waals surface area contributed by atoms with Crippen molar-refractivity contribution >= 4 is 15.9 Å². The molecule has 1 atom stereocenters. The summed E-state index contributed by atoms with van der Waals surface area (Å²) in [4.78, 5) is 14.1. The summed E-state index contributed by atoms with van der Waals surface area (Å²) >= 11 is 0. The van der Waals surface area contributed by atoms with Gasteiger partial charge in [0.1, 0.15) is 0 Å². The number of sulfonamides is 1. The molecule has 1 saturated heterocycles. The van der Waals surface area contributed by atoms with Crippen molar-refractivity contribution in [1.29, 1.82) is 0 Å². The van der Waals surface area contributed by atoms with Crippen LogP contribution in [0.15, 0.2) is 0 Å². The van der Waals surface area contributed by atoms with E-state index in [4.69, 9.17) is 0 Å². The maximum Gasteiger partial charge on any atom is 0.239 e. The van der Waals surface area contributed by atoms with E-state index in [9.17, 15) is 13.2 Å². The summed E-state index contributed by atoms with van der Waals surface area (Å²) in [6.45, 7) is 7.06. The Morgan fingerprint density at radius 1 is 1.29 bits per heavy atom. The van der Waals surface area contributed by atoms with Crippen LogP contribution >= 0.6 is 0 Å². The van der Waals surface area contributed by atoms with Gasteiger partial charge in [0.15, 0.2) is 0 Å². The molecule has 21 heavy (non-hydrogen) atoms. The van der Waals surface area contributed by atoms with Crippen LogP contribution in [-0.2, 0) is 14.8 Å². The highest BCUT2D eigenvalue weighted by Gasteiger charge is 2.21. The van der Waals surface area contributed by atoms with Crippen molar-refractivity contribution in [2.75, 3.05) is 39.0 Å². The van der Waals surface area contributed by atoms with Crippen molar-refractivity contribution < 1.29 is 13.2 Å². The van der Waals surface area contributed by atoms with Crippen molar-refractivity contribution in [3.05, 3.63) is 0 Å². The summed E-state index contributed by atoms with van der Waals surface area (Å²) in [5.41, 5.74) is 0. The van der Waals surface area contributed by atoms with Gasteiger partial charge in [-0.25, -0.2) is 12.7 Å². The van der Waals surface area contributed by atoms with Crippen LogP contribution in [0, 0.1) is 0 Å². The van der Waals surface area contributed by atoms with Crippen molar-refractivity contribution in [1.82, 2.24) is 14.5 Å². The summed E-state index contributed by atoms with van der Waals surface area (Å²) in [6, 6.07) is -0.198. The number of hydrogen-bond donors (Lipinski definition) is 1. The third-order valence-corrected chi connectivity index (χ3v) is 5.27. The molecule has 6 nitrogen and oxygen atoms in total. The Morgan fingerprint density at radius 3 is 2.43 bits per heavy atom. The maximum atomic E-state index is 12.2. The van der Waals surface area contributed by atoms with Gasteiger partial charge in [-0.2, -0.15) is 0 Å². The molecule has 0 aliphatic carbocycles. The van der Waals surface area contributed by atoms with E-state index in [0.717, 1.165) is 25.9 Å². The second kappa shape index (κ2) is 8.70. The van der Waals surface area contributed by atoms with E-state index >= 15 is 0 Å². The predicted molar refractivity (Wildman–Crippen MR) is 84.6 cm³/mol. The largest absolute Gasteiger partial charge is 0.341 e. The first-order chi connectivity index (χ1) is 9.86. The van der Waals surface area contributed by atoms with E-state index in [-0.39, 0.29) is 11.9 Å². The monoisotopic (exact) mass is 319 g/mol. The molecule has 0 saturated carbocycles. The molecular weight excluding hydrogens is 290 g/mol. The van der Waals surface area contributed by atoms with E-state index in [1.807, 2.05) is 18.7 Å². The third kappa shape index (κ3) is 6.32. The van der Waals surface area contributed by atoms with Crippen LogP contribution in [0.2, 0.25) is 0 Å². The molecule has 1 N–H and O–H groups in total. The molecule has 0 aromatic carbocycles. The van der Waals surface area contributed by atoms with E-state index in [1.165, 1.54) is 17.0 Å². The molecule has 1 rings (SSSR count). The maximum absolute atomic E-state index is 12.2.